The molecule has 0 aliphatic heterocycles. The molecule has 0 aliphatic carbocycles. The summed E-state index contributed by atoms with van der Waals surface area (Å²) in [7, 11) is 0. The van der Waals surface area contributed by atoms with Gasteiger partial charge in [0.05, 0.1) is 6.61 Å². The molecule has 0 aromatic carbocycles. The summed E-state index contributed by atoms with van der Waals surface area (Å²) in [4.78, 5) is 11.4. The predicted molar refractivity (Wildman–Crippen MR) is 64.5 cm³/mol. The molecule has 1 rings (SSSR count). The number of aliphatic hydroxyl groups is 1. The van der Waals surface area contributed by atoms with Crippen molar-refractivity contribution in [3.63, 3.8) is 0 Å². The highest BCUT2D eigenvalue weighted by Crippen LogP contribution is 2.06. The van der Waals surface area contributed by atoms with Crippen LogP contribution in [-0.4, -0.2) is 28.4 Å². The minimum atomic E-state index is -0.252. The molecule has 0 bridgehead atoms. The molecule has 0 spiro atoms. The van der Waals surface area contributed by atoms with Crippen LogP contribution in [0.1, 0.15) is 20.3 Å². The maximum Gasteiger partial charge on any atom is 0.250 e. The van der Waals surface area contributed by atoms with Gasteiger partial charge in [0, 0.05) is 30.9 Å². The number of nitrogens with one attached hydrogen (secondary N) is 1. The van der Waals surface area contributed by atoms with Crippen LogP contribution in [-0.2, 0) is 6.54 Å². The second kappa shape index (κ2) is 5.82. The van der Waals surface area contributed by atoms with E-state index in [-0.39, 0.29) is 17.7 Å². The van der Waals surface area contributed by atoms with E-state index in [0.29, 0.717) is 13.1 Å². The van der Waals surface area contributed by atoms with E-state index in [1.165, 1.54) is 0 Å². The Balaban J connectivity index is 2.48. The Morgan fingerprint density at radius 1 is 1.50 bits per heavy atom. The summed E-state index contributed by atoms with van der Waals surface area (Å²) >= 11 is 0. The van der Waals surface area contributed by atoms with Gasteiger partial charge in [0.15, 0.2) is 0 Å². The van der Waals surface area contributed by atoms with Crippen molar-refractivity contribution in [3.05, 3.63) is 34.7 Å². The molecule has 1 heterocycles. The van der Waals surface area contributed by atoms with E-state index < -0.39 is 0 Å². The third-order valence-corrected chi connectivity index (χ3v) is 2.93. The number of pyridine rings is 1. The van der Waals surface area contributed by atoms with Gasteiger partial charge in [-0.2, -0.15) is 0 Å². The van der Waals surface area contributed by atoms with Crippen molar-refractivity contribution in [2.45, 2.75) is 32.4 Å². The average molecular weight is 224 g/mol. The van der Waals surface area contributed by atoms with Gasteiger partial charge in [0.2, 0.25) is 0 Å². The molecule has 16 heavy (non-hydrogen) atoms. The molecule has 0 radical (unpaired) electrons. The average Bonchev–Trinajstić information content (AvgIpc) is 2.31. The first-order valence-electron chi connectivity index (χ1n) is 5.62. The smallest absolute Gasteiger partial charge is 0.250 e. The van der Waals surface area contributed by atoms with Gasteiger partial charge in [-0.3, -0.25) is 4.79 Å². The van der Waals surface area contributed by atoms with Crippen LogP contribution in [0.25, 0.3) is 0 Å². The lowest BCUT2D eigenvalue weighted by atomic mass is 10.0. The lowest BCUT2D eigenvalue weighted by Crippen LogP contribution is -2.46. The lowest BCUT2D eigenvalue weighted by molar-refractivity contribution is 0.169. The van der Waals surface area contributed by atoms with Crippen molar-refractivity contribution >= 4 is 0 Å². The van der Waals surface area contributed by atoms with Gasteiger partial charge in [-0.1, -0.05) is 13.0 Å². The highest BCUT2D eigenvalue weighted by molar-refractivity contribution is 4.93. The second-order valence-electron chi connectivity index (χ2n) is 4.23. The largest absolute Gasteiger partial charge is 0.394 e. The first-order chi connectivity index (χ1) is 7.61. The molecule has 4 heteroatoms. The summed E-state index contributed by atoms with van der Waals surface area (Å²) < 4.78 is 1.65. The van der Waals surface area contributed by atoms with Crippen LogP contribution in [0.15, 0.2) is 29.2 Å². The fraction of sp³-hybridized carbons (Fsp3) is 0.583. The van der Waals surface area contributed by atoms with Crippen LogP contribution in [0.5, 0.6) is 0 Å². The highest BCUT2D eigenvalue weighted by atomic mass is 16.3. The van der Waals surface area contributed by atoms with Gasteiger partial charge < -0.3 is 15.0 Å². The zero-order valence-electron chi connectivity index (χ0n) is 9.94. The number of hydrogen-bond donors (Lipinski definition) is 2. The number of rotatable bonds is 6. The zero-order valence-corrected chi connectivity index (χ0v) is 9.94. The predicted octanol–water partition coefficient (Wildman–Crippen LogP) is 0.599. The zero-order chi connectivity index (χ0) is 12.0. The molecule has 0 amide bonds. The highest BCUT2D eigenvalue weighted by Gasteiger charge is 2.19. The Bertz CT molecular complexity index is 369. The van der Waals surface area contributed by atoms with Gasteiger partial charge in [0.25, 0.3) is 5.56 Å². The molecule has 4 nitrogen and oxygen atoms in total. The molecule has 90 valence electrons. The van der Waals surface area contributed by atoms with Gasteiger partial charge >= 0.3 is 0 Å². The second-order valence-corrected chi connectivity index (χ2v) is 4.23. The van der Waals surface area contributed by atoms with Crippen LogP contribution in [0.3, 0.4) is 0 Å². The molecule has 0 saturated heterocycles. The number of aromatic nitrogens is 1. The monoisotopic (exact) mass is 224 g/mol. The van der Waals surface area contributed by atoms with Crippen LogP contribution < -0.4 is 10.9 Å². The number of hydrogen-bond acceptors (Lipinski definition) is 3. The molecule has 0 aliphatic rings. The van der Waals surface area contributed by atoms with Crippen molar-refractivity contribution in [3.8, 4) is 0 Å². The number of aliphatic hydroxyl groups excluding tert-OH is 1. The van der Waals surface area contributed by atoms with Crippen LogP contribution in [0.4, 0.5) is 0 Å². The molecule has 0 fully saturated rings. The Morgan fingerprint density at radius 2 is 2.25 bits per heavy atom. The third-order valence-electron chi connectivity index (χ3n) is 2.93. The summed E-state index contributed by atoms with van der Waals surface area (Å²) in [6, 6.07) is 5.12. The Kier molecular flexibility index (Phi) is 4.71. The van der Waals surface area contributed by atoms with Gasteiger partial charge in [-0.05, 0) is 19.4 Å². The van der Waals surface area contributed by atoms with Crippen molar-refractivity contribution in [1.29, 1.82) is 0 Å². The quantitative estimate of drug-likeness (QED) is 0.744. The summed E-state index contributed by atoms with van der Waals surface area (Å²) in [6.07, 6.45) is 2.62. The van der Waals surface area contributed by atoms with E-state index in [1.54, 1.807) is 22.9 Å². The molecule has 1 aromatic heterocycles. The SMILES string of the molecule is CCC(C)(CO)NCCn1ccccc1=O. The molecule has 1 aromatic rings. The van der Waals surface area contributed by atoms with Crippen molar-refractivity contribution in [1.82, 2.24) is 9.88 Å². The molecule has 0 saturated carbocycles. The van der Waals surface area contributed by atoms with E-state index in [0.717, 1.165) is 6.42 Å². The van der Waals surface area contributed by atoms with Gasteiger partial charge in [-0.15, -0.1) is 0 Å². The lowest BCUT2D eigenvalue weighted by Gasteiger charge is -2.27. The molecular formula is C12H20N2O2. The van der Waals surface area contributed by atoms with E-state index in [9.17, 15) is 9.90 Å². The van der Waals surface area contributed by atoms with Gasteiger partial charge in [0.1, 0.15) is 0 Å². The van der Waals surface area contributed by atoms with Crippen molar-refractivity contribution in [2.75, 3.05) is 13.2 Å². The minimum absolute atomic E-state index is 0.00602. The molecule has 2 N–H and O–H groups in total. The maximum atomic E-state index is 11.4. The molecular weight excluding hydrogens is 204 g/mol. The van der Waals surface area contributed by atoms with E-state index >= 15 is 0 Å². The van der Waals surface area contributed by atoms with Crippen molar-refractivity contribution in [2.24, 2.45) is 0 Å². The number of nitrogens with zero attached hydrogens (tertiary/aromatic N) is 1. The van der Waals surface area contributed by atoms with E-state index in [4.69, 9.17) is 0 Å². The maximum absolute atomic E-state index is 11.4. The van der Waals surface area contributed by atoms with E-state index in [2.05, 4.69) is 5.32 Å². The first kappa shape index (κ1) is 12.9. The third kappa shape index (κ3) is 3.47. The summed E-state index contributed by atoms with van der Waals surface area (Å²) in [5, 5.41) is 12.5. The van der Waals surface area contributed by atoms with Crippen molar-refractivity contribution < 1.29 is 5.11 Å². The normalized spacial score (nSPS) is 14.7. The van der Waals surface area contributed by atoms with Crippen LogP contribution >= 0.6 is 0 Å². The standard InChI is InChI=1S/C12H20N2O2/c1-3-12(2,10-15)13-7-9-14-8-5-4-6-11(14)16/h4-6,8,13,15H,3,7,9-10H2,1-2H3. The fourth-order valence-electron chi connectivity index (χ4n) is 1.42. The Labute approximate surface area is 95.9 Å². The summed E-state index contributed by atoms with van der Waals surface area (Å²) in [5.74, 6) is 0. The Hall–Kier alpha value is -1.13. The summed E-state index contributed by atoms with van der Waals surface area (Å²) in [5.41, 5.74) is -0.246. The fourth-order valence-corrected chi connectivity index (χ4v) is 1.42. The van der Waals surface area contributed by atoms with E-state index in [1.807, 2.05) is 19.9 Å². The van der Waals surface area contributed by atoms with Crippen LogP contribution in [0, 0.1) is 0 Å². The summed E-state index contributed by atoms with van der Waals surface area (Å²) in [6.45, 7) is 5.40. The van der Waals surface area contributed by atoms with Crippen LogP contribution in [0.2, 0.25) is 0 Å². The minimum Gasteiger partial charge on any atom is -0.394 e. The topological polar surface area (TPSA) is 54.3 Å². The Morgan fingerprint density at radius 3 is 2.81 bits per heavy atom. The van der Waals surface area contributed by atoms with Gasteiger partial charge in [-0.25, -0.2) is 0 Å². The molecule has 1 unspecified atom stereocenters. The first-order valence-corrected chi connectivity index (χ1v) is 5.62. The molecule has 1 atom stereocenters.